The van der Waals surface area contributed by atoms with Crippen LogP contribution in [-0.2, 0) is 66.2 Å². The van der Waals surface area contributed by atoms with Gasteiger partial charge in [0, 0.05) is 89.9 Å². The molecule has 3 aromatic heterocycles. The molecule has 0 aliphatic carbocycles. The molecular weight excluding hydrogens is 1130 g/mol. The number of amides is 3. The Labute approximate surface area is 489 Å². The van der Waals surface area contributed by atoms with Crippen LogP contribution in [0.15, 0.2) is 165 Å². The van der Waals surface area contributed by atoms with Crippen molar-refractivity contribution in [3.05, 3.63) is 215 Å². The van der Waals surface area contributed by atoms with Crippen molar-refractivity contribution in [2.24, 2.45) is 21.1 Å². The zero-order chi connectivity index (χ0) is 59.5. The minimum absolute atomic E-state index is 0. The Morgan fingerprint density at radius 3 is 1.44 bits per heavy atom. The zero-order valence-corrected chi connectivity index (χ0v) is 44.3. The first-order valence-corrected chi connectivity index (χ1v) is 25.4. The highest BCUT2D eigenvalue weighted by Crippen LogP contribution is 2.51. The van der Waals surface area contributed by atoms with Crippen LogP contribution in [0.3, 0.4) is 0 Å². The van der Waals surface area contributed by atoms with Crippen molar-refractivity contribution in [1.82, 2.24) is 29.3 Å². The van der Waals surface area contributed by atoms with Gasteiger partial charge >= 0.3 is 12.4 Å². The van der Waals surface area contributed by atoms with Gasteiger partial charge in [-0.05, 0) is 65.6 Å². The Morgan fingerprint density at radius 1 is 0.523 bits per heavy atom. The highest BCUT2D eigenvalue weighted by Gasteiger charge is 2.67. The monoisotopic (exact) mass is 1190 g/mol. The smallest absolute Gasteiger partial charge is 0.368 e. The number of rotatable bonds is 9. The van der Waals surface area contributed by atoms with Crippen molar-refractivity contribution < 1.29 is 64.1 Å². The van der Waals surface area contributed by atoms with Crippen LogP contribution in [0.1, 0.15) is 68.6 Å². The van der Waals surface area contributed by atoms with Gasteiger partial charge in [-0.25, -0.2) is 13.2 Å². The molecular formula is C63H60F9N9O5. The second-order valence-corrected chi connectivity index (χ2v) is 20.0. The number of anilines is 3. The lowest BCUT2D eigenvalue weighted by Gasteiger charge is -2.26. The highest BCUT2D eigenvalue weighted by atomic mass is 19.4. The van der Waals surface area contributed by atoms with Gasteiger partial charge in [-0.15, -0.1) is 0 Å². The first-order valence-electron chi connectivity index (χ1n) is 25.4. The van der Waals surface area contributed by atoms with E-state index in [1.807, 2.05) is 50.5 Å². The maximum Gasteiger partial charge on any atom is 0.430 e. The molecule has 3 unspecified atom stereocenters. The fraction of sp³-hybridized carbons (Fsp3) is 0.238. The number of benzene rings is 6. The number of aromatic nitrogens is 6. The number of halogens is 9. The van der Waals surface area contributed by atoms with Gasteiger partial charge in [0.1, 0.15) is 17.5 Å². The number of carbonyl (C=O) groups excluding carboxylic acids is 3. The molecule has 3 aliphatic heterocycles. The Balaban J connectivity index is 0.000000182. The molecule has 9 aromatic rings. The number of fused-ring (bicyclic) bond motifs is 3. The summed E-state index contributed by atoms with van der Waals surface area (Å²) < 4.78 is 130. The minimum Gasteiger partial charge on any atom is -0.368 e. The summed E-state index contributed by atoms with van der Waals surface area (Å²) in [4.78, 5) is 40.8. The molecule has 6 heterocycles. The van der Waals surface area contributed by atoms with E-state index >= 15 is 0 Å². The molecule has 23 heteroatoms. The third-order valence-electron chi connectivity index (χ3n) is 14.6. The Hall–Kier alpha value is -9.35. The van der Waals surface area contributed by atoms with E-state index in [1.165, 1.54) is 77.6 Å². The third kappa shape index (κ3) is 11.5. The van der Waals surface area contributed by atoms with Crippen LogP contribution in [0.2, 0.25) is 0 Å². The van der Waals surface area contributed by atoms with Crippen molar-refractivity contribution >= 4 is 34.8 Å². The quantitative estimate of drug-likeness (QED) is 0.135. The lowest BCUT2D eigenvalue weighted by atomic mass is 9.95. The Morgan fingerprint density at radius 2 is 0.977 bits per heavy atom. The maximum absolute atomic E-state index is 14.8. The van der Waals surface area contributed by atoms with Gasteiger partial charge < -0.3 is 24.9 Å². The topological polar surface area (TPSA) is 155 Å². The van der Waals surface area contributed by atoms with E-state index in [9.17, 15) is 64.1 Å². The predicted molar refractivity (Wildman–Crippen MR) is 307 cm³/mol. The second-order valence-electron chi connectivity index (χ2n) is 20.0. The maximum atomic E-state index is 14.8. The largest absolute Gasteiger partial charge is 0.430 e. The number of alkyl halides is 6. The molecule has 14 nitrogen and oxygen atoms in total. The van der Waals surface area contributed by atoms with Crippen molar-refractivity contribution in [1.29, 1.82) is 0 Å². The molecule has 3 amide bonds. The number of para-hydroxylation sites is 3. The van der Waals surface area contributed by atoms with Crippen molar-refractivity contribution in [2.45, 2.75) is 78.3 Å². The summed E-state index contributed by atoms with van der Waals surface area (Å²) >= 11 is 0. The summed E-state index contributed by atoms with van der Waals surface area (Å²) in [5.41, 5.74) is -2.20. The van der Waals surface area contributed by atoms with Crippen LogP contribution < -0.4 is 14.7 Å². The second kappa shape index (κ2) is 24.3. The van der Waals surface area contributed by atoms with Gasteiger partial charge in [-0.1, -0.05) is 113 Å². The Kier molecular flexibility index (Phi) is 18.2. The fourth-order valence-electron chi connectivity index (χ4n) is 10.4. The van der Waals surface area contributed by atoms with Gasteiger partial charge in [-0.2, -0.15) is 41.6 Å². The molecule has 0 saturated heterocycles. The molecule has 0 radical (unpaired) electrons. The third-order valence-corrected chi connectivity index (χ3v) is 14.6. The van der Waals surface area contributed by atoms with E-state index in [2.05, 4.69) is 15.3 Å². The molecule has 86 heavy (non-hydrogen) atoms. The summed E-state index contributed by atoms with van der Waals surface area (Å²) in [6.07, 6.45) is -0.117. The summed E-state index contributed by atoms with van der Waals surface area (Å²) in [5.74, 6) is -4.65. The van der Waals surface area contributed by atoms with Gasteiger partial charge in [0.15, 0.2) is 0 Å². The molecule has 6 aromatic carbocycles. The lowest BCUT2D eigenvalue weighted by Crippen LogP contribution is -2.50. The molecule has 0 fully saturated rings. The van der Waals surface area contributed by atoms with Gasteiger partial charge in [0.05, 0.1) is 55.5 Å². The molecule has 0 spiro atoms. The average Bonchev–Trinajstić information content (AvgIpc) is 4.21. The summed E-state index contributed by atoms with van der Waals surface area (Å²) in [7, 11) is 5.23. The first-order chi connectivity index (χ1) is 39.3. The number of aryl methyl sites for hydroxylation is 3. The molecule has 12 rings (SSSR count). The number of nitrogens with zero attached hydrogens (tertiary/aromatic N) is 9. The molecule has 2 N–H and O–H groups in total. The number of aliphatic hydroxyl groups is 2. The van der Waals surface area contributed by atoms with Crippen LogP contribution in [0.5, 0.6) is 0 Å². The summed E-state index contributed by atoms with van der Waals surface area (Å²) in [6, 6.07) is 31.1. The summed E-state index contributed by atoms with van der Waals surface area (Å²) in [5, 5.41) is 32.6. The fourth-order valence-corrected chi connectivity index (χ4v) is 10.4. The number of carbonyl (C=O) groups is 3. The van der Waals surface area contributed by atoms with E-state index in [-0.39, 0.29) is 74.7 Å². The molecule has 0 bridgehead atoms. The molecule has 3 atom stereocenters. The average molecular weight is 1190 g/mol. The van der Waals surface area contributed by atoms with E-state index in [4.69, 9.17) is 0 Å². The van der Waals surface area contributed by atoms with E-state index in [1.54, 1.807) is 65.3 Å². The van der Waals surface area contributed by atoms with Gasteiger partial charge in [0.25, 0.3) is 23.0 Å². The van der Waals surface area contributed by atoms with Crippen molar-refractivity contribution in [3.63, 3.8) is 0 Å². The van der Waals surface area contributed by atoms with Gasteiger partial charge in [0.2, 0.25) is 5.91 Å². The standard InChI is InChI=1S/2C20H15F4N3O2.C20H18FN3O.3CH4/c1-26-10-14(9-25-26)12-6-7-13(16(21)8-12)11-27-17-5-3-2-4-15(17)19(29,18(27)28)20(22,23)24;1-26-11-13(9-25-26)14-7-6-12(8-16(14)21)10-27-17-5-3-2-4-15(17)19(29,18(27)28)20(22,23)24;1-13(24-19-6-4-3-5-15(19)10-20(24)25)17-8-7-14(9-18(17)21)16-11-22-23(2)12-16;;;/h2-10,29H,11H2,1H3;2-9,11,29H,10H2,1H3;3-9,11-13H,10H2,1-2H3;3*1H4. The van der Waals surface area contributed by atoms with Crippen LogP contribution >= 0.6 is 0 Å². The van der Waals surface area contributed by atoms with Crippen molar-refractivity contribution in [2.75, 3.05) is 14.7 Å². The number of hydrogen-bond acceptors (Lipinski definition) is 8. The highest BCUT2D eigenvalue weighted by molar-refractivity contribution is 6.08. The van der Waals surface area contributed by atoms with E-state index in [0.717, 1.165) is 50.4 Å². The van der Waals surface area contributed by atoms with Crippen LogP contribution in [-0.4, -0.2) is 69.6 Å². The van der Waals surface area contributed by atoms with Crippen molar-refractivity contribution in [3.8, 4) is 33.4 Å². The van der Waals surface area contributed by atoms with E-state index in [0.29, 0.717) is 28.7 Å². The number of hydrogen-bond donors (Lipinski definition) is 2. The minimum atomic E-state index is -5.21. The SMILES string of the molecule is C.C.C.CC(c1ccc(-c2cnn(C)c2)cc1F)N1C(=O)Cc2ccccc21.Cn1cc(-c2ccc(CN3C(=O)C(O)(C(F)(F)F)c4ccccc43)c(F)c2)cn1.Cn1cc(-c2ccc(CN3C(=O)C(O)(C(F)(F)F)c4ccccc43)cc2F)cn1. The summed E-state index contributed by atoms with van der Waals surface area (Å²) in [6.45, 7) is 1.09. The normalized spacial score (nSPS) is 17.1. The lowest BCUT2D eigenvalue weighted by molar-refractivity contribution is -0.253. The van der Waals surface area contributed by atoms with Crippen LogP contribution in [0, 0.1) is 17.5 Å². The molecule has 0 saturated carbocycles. The van der Waals surface area contributed by atoms with E-state index < -0.39 is 64.7 Å². The first kappa shape index (κ1) is 64.2. The predicted octanol–water partition coefficient (Wildman–Crippen LogP) is 12.8. The molecule has 3 aliphatic rings. The van der Waals surface area contributed by atoms with Crippen LogP contribution in [0.25, 0.3) is 33.4 Å². The zero-order valence-electron chi connectivity index (χ0n) is 44.3. The molecule has 450 valence electrons. The Bertz CT molecular complexity index is 3990. The van der Waals surface area contributed by atoms with Gasteiger partial charge in [-0.3, -0.25) is 28.4 Å². The van der Waals surface area contributed by atoms with Crippen LogP contribution in [0.4, 0.5) is 56.6 Å².